The number of likely N-dealkylation sites (N-methyl/N-ethyl adjacent to an activating group) is 1. The minimum atomic E-state index is -0.435. The summed E-state index contributed by atoms with van der Waals surface area (Å²) in [6, 6.07) is 19.4. The Balaban J connectivity index is 1.57. The first-order chi connectivity index (χ1) is 18.8. The molecule has 0 aliphatic carbocycles. The van der Waals surface area contributed by atoms with Crippen molar-refractivity contribution in [2.75, 3.05) is 20.8 Å². The number of thioether (sulfide) groups is 1. The number of hydrogen-bond donors (Lipinski definition) is 0. The van der Waals surface area contributed by atoms with Crippen LogP contribution in [0.3, 0.4) is 0 Å². The first-order valence-electron chi connectivity index (χ1n) is 11.9. The first-order valence-corrected chi connectivity index (χ1v) is 13.1. The molecule has 1 amide bonds. The minimum absolute atomic E-state index is 0.142. The van der Waals surface area contributed by atoms with E-state index in [-0.39, 0.29) is 12.5 Å². The lowest BCUT2D eigenvalue weighted by Gasteiger charge is -2.15. The molecule has 1 aliphatic rings. The minimum Gasteiger partial charge on any atom is -0.490 e. The van der Waals surface area contributed by atoms with Crippen LogP contribution in [0.4, 0.5) is 5.69 Å². The summed E-state index contributed by atoms with van der Waals surface area (Å²) in [5.74, 6) is 0.131. The normalized spacial score (nSPS) is 14.9. The molecule has 3 aromatic rings. The van der Waals surface area contributed by atoms with Gasteiger partial charge in [-0.3, -0.25) is 9.69 Å². The van der Waals surface area contributed by atoms with Gasteiger partial charge < -0.3 is 14.2 Å². The molecule has 8 nitrogen and oxygen atoms in total. The van der Waals surface area contributed by atoms with Gasteiger partial charge in [-0.05, 0) is 72.8 Å². The second-order valence-electron chi connectivity index (χ2n) is 8.23. The van der Waals surface area contributed by atoms with Crippen molar-refractivity contribution >= 4 is 52.2 Å². The van der Waals surface area contributed by atoms with Gasteiger partial charge in [0.25, 0.3) is 5.91 Å². The van der Waals surface area contributed by atoms with Crippen molar-refractivity contribution in [3.8, 4) is 17.6 Å². The predicted octanol–water partition coefficient (Wildman–Crippen LogP) is 6.21. The molecule has 0 spiro atoms. The summed E-state index contributed by atoms with van der Waals surface area (Å²) in [7, 11) is 2.97. The quantitative estimate of drug-likeness (QED) is 0.238. The Bertz CT molecular complexity index is 1510. The Morgan fingerprint density at radius 2 is 1.90 bits per heavy atom. The summed E-state index contributed by atoms with van der Waals surface area (Å²) in [6.07, 6.45) is 1.72. The van der Waals surface area contributed by atoms with Crippen LogP contribution in [0.15, 0.2) is 70.6 Å². The number of carbonyl (C=O) groups is 2. The van der Waals surface area contributed by atoms with Gasteiger partial charge in [0.2, 0.25) is 0 Å². The Hall–Kier alpha value is -4.26. The van der Waals surface area contributed by atoms with Gasteiger partial charge in [-0.25, -0.2) is 9.79 Å². The Labute approximate surface area is 235 Å². The third-order valence-corrected chi connectivity index (χ3v) is 7.00. The summed E-state index contributed by atoms with van der Waals surface area (Å²) in [5, 5.41) is 10.1. The van der Waals surface area contributed by atoms with Gasteiger partial charge in [0, 0.05) is 12.6 Å². The van der Waals surface area contributed by atoms with Crippen molar-refractivity contribution < 1.29 is 23.8 Å². The number of aliphatic imine (C=N–C) groups is 1. The van der Waals surface area contributed by atoms with E-state index in [4.69, 9.17) is 25.8 Å². The zero-order valence-corrected chi connectivity index (χ0v) is 23.0. The van der Waals surface area contributed by atoms with Crippen LogP contribution in [-0.4, -0.2) is 42.7 Å². The summed E-state index contributed by atoms with van der Waals surface area (Å²) >= 11 is 7.81. The summed E-state index contributed by atoms with van der Waals surface area (Å²) in [4.78, 5) is 31.1. The smallest absolute Gasteiger partial charge is 0.337 e. The molecule has 1 aliphatic heterocycles. The van der Waals surface area contributed by atoms with Crippen LogP contribution in [0, 0.1) is 11.3 Å². The van der Waals surface area contributed by atoms with E-state index in [9.17, 15) is 14.9 Å². The van der Waals surface area contributed by atoms with Crippen molar-refractivity contribution in [3.63, 3.8) is 0 Å². The maximum Gasteiger partial charge on any atom is 0.337 e. The molecule has 10 heteroatoms. The van der Waals surface area contributed by atoms with Crippen LogP contribution in [0.5, 0.6) is 11.5 Å². The van der Waals surface area contributed by atoms with Crippen molar-refractivity contribution in [1.82, 2.24) is 4.90 Å². The zero-order chi connectivity index (χ0) is 27.9. The van der Waals surface area contributed by atoms with Gasteiger partial charge in [-0.2, -0.15) is 5.26 Å². The van der Waals surface area contributed by atoms with E-state index in [0.717, 1.165) is 5.56 Å². The van der Waals surface area contributed by atoms with E-state index in [2.05, 4.69) is 11.1 Å². The lowest BCUT2D eigenvalue weighted by Crippen LogP contribution is -2.23. The summed E-state index contributed by atoms with van der Waals surface area (Å²) < 4.78 is 16.5. The van der Waals surface area contributed by atoms with Crippen LogP contribution in [0.2, 0.25) is 5.02 Å². The van der Waals surface area contributed by atoms with Crippen LogP contribution >= 0.6 is 23.4 Å². The largest absolute Gasteiger partial charge is 0.490 e. The van der Waals surface area contributed by atoms with Crippen LogP contribution in [0.25, 0.3) is 6.08 Å². The molecule has 0 N–H and O–H groups in total. The second kappa shape index (κ2) is 12.5. The monoisotopic (exact) mass is 561 g/mol. The Morgan fingerprint density at radius 3 is 2.59 bits per heavy atom. The summed E-state index contributed by atoms with van der Waals surface area (Å²) in [6.45, 7) is 2.37. The van der Waals surface area contributed by atoms with Gasteiger partial charge in [0.1, 0.15) is 6.61 Å². The number of methoxy groups -OCH3 is 1. The molecule has 1 saturated heterocycles. The number of nitriles is 1. The standard InChI is InChI=1S/C29H24ClN3O5S/c1-4-37-24-14-18(13-23(30)26(24)38-17-21-8-6-5-7-20(21)16-31)15-25-27(34)33(2)29(39-25)32-22-11-9-19(10-12-22)28(35)36-3/h5-15H,4,17H2,1-3H3. The number of carbonyl (C=O) groups excluding carboxylic acids is 2. The average molecular weight is 562 g/mol. The van der Waals surface area contributed by atoms with Crippen molar-refractivity contribution in [3.05, 3.63) is 92.8 Å². The van der Waals surface area contributed by atoms with Crippen molar-refractivity contribution in [1.29, 1.82) is 5.26 Å². The third-order valence-electron chi connectivity index (χ3n) is 5.66. The topological polar surface area (TPSA) is 101 Å². The highest BCUT2D eigenvalue weighted by Gasteiger charge is 2.30. The van der Waals surface area contributed by atoms with Crippen LogP contribution in [0.1, 0.15) is 34.0 Å². The highest BCUT2D eigenvalue weighted by Crippen LogP contribution is 2.40. The zero-order valence-electron chi connectivity index (χ0n) is 21.4. The van der Waals surface area contributed by atoms with Gasteiger partial charge in [0.15, 0.2) is 16.7 Å². The molecule has 3 aromatic carbocycles. The molecule has 0 saturated carbocycles. The maximum absolute atomic E-state index is 13.0. The molecular weight excluding hydrogens is 538 g/mol. The highest BCUT2D eigenvalue weighted by atomic mass is 35.5. The average Bonchev–Trinajstić information content (AvgIpc) is 3.20. The van der Waals surface area contributed by atoms with Crippen LogP contribution in [-0.2, 0) is 16.1 Å². The van der Waals surface area contributed by atoms with Gasteiger partial charge >= 0.3 is 5.97 Å². The fourth-order valence-corrected chi connectivity index (χ4v) is 4.94. The number of ether oxygens (including phenoxy) is 3. The van der Waals surface area contributed by atoms with E-state index in [1.54, 1.807) is 61.7 Å². The molecular formula is C29H24ClN3O5S. The van der Waals surface area contributed by atoms with E-state index in [0.29, 0.717) is 55.6 Å². The fourth-order valence-electron chi connectivity index (χ4n) is 3.68. The molecule has 0 atom stereocenters. The second-order valence-corrected chi connectivity index (χ2v) is 9.64. The van der Waals surface area contributed by atoms with E-state index >= 15 is 0 Å². The predicted molar refractivity (Wildman–Crippen MR) is 151 cm³/mol. The molecule has 1 heterocycles. The maximum atomic E-state index is 13.0. The highest BCUT2D eigenvalue weighted by molar-refractivity contribution is 8.18. The van der Waals surface area contributed by atoms with Gasteiger partial charge in [-0.15, -0.1) is 0 Å². The number of halogens is 1. The lowest BCUT2D eigenvalue weighted by atomic mass is 10.1. The third kappa shape index (κ3) is 6.42. The van der Waals surface area contributed by atoms with E-state index in [1.807, 2.05) is 19.1 Å². The molecule has 39 heavy (non-hydrogen) atoms. The number of benzene rings is 3. The molecule has 0 aromatic heterocycles. The first kappa shape index (κ1) is 27.8. The molecule has 4 rings (SSSR count). The Morgan fingerprint density at radius 1 is 1.15 bits per heavy atom. The number of amides is 1. The fraction of sp³-hybridized carbons (Fsp3) is 0.172. The van der Waals surface area contributed by atoms with E-state index < -0.39 is 5.97 Å². The lowest BCUT2D eigenvalue weighted by molar-refractivity contribution is -0.121. The molecule has 1 fully saturated rings. The summed E-state index contributed by atoms with van der Waals surface area (Å²) in [5.41, 5.74) is 2.90. The van der Waals surface area contributed by atoms with Crippen LogP contribution < -0.4 is 9.47 Å². The molecule has 0 bridgehead atoms. The molecule has 0 radical (unpaired) electrons. The Kier molecular flexibility index (Phi) is 8.92. The number of nitrogens with zero attached hydrogens (tertiary/aromatic N) is 3. The van der Waals surface area contributed by atoms with Gasteiger partial charge in [-0.1, -0.05) is 29.8 Å². The van der Waals surface area contributed by atoms with Gasteiger partial charge in [0.05, 0.1) is 46.5 Å². The van der Waals surface area contributed by atoms with Crippen molar-refractivity contribution in [2.24, 2.45) is 4.99 Å². The number of amidine groups is 1. The van der Waals surface area contributed by atoms with Crippen molar-refractivity contribution in [2.45, 2.75) is 13.5 Å². The van der Waals surface area contributed by atoms with E-state index in [1.165, 1.54) is 23.8 Å². The number of rotatable bonds is 8. The number of hydrogen-bond acceptors (Lipinski definition) is 8. The number of esters is 1. The molecule has 0 unspecified atom stereocenters. The molecule has 198 valence electrons. The SMILES string of the molecule is CCOc1cc(C=C2SC(=Nc3ccc(C(=O)OC)cc3)N(C)C2=O)cc(Cl)c1OCc1ccccc1C#N.